The van der Waals surface area contributed by atoms with Crippen molar-refractivity contribution in [2.75, 3.05) is 12.4 Å². The Balaban J connectivity index is 1.88. The number of nitrogens with zero attached hydrogens (tertiary/aromatic N) is 4. The Hall–Kier alpha value is -3.29. The first kappa shape index (κ1) is 19.5. The van der Waals surface area contributed by atoms with E-state index in [1.54, 1.807) is 29.7 Å². The van der Waals surface area contributed by atoms with Gasteiger partial charge in [0.15, 0.2) is 0 Å². The fourth-order valence-corrected chi connectivity index (χ4v) is 3.39. The van der Waals surface area contributed by atoms with Crippen LogP contribution in [0.1, 0.15) is 30.8 Å². The van der Waals surface area contributed by atoms with Crippen LogP contribution >= 0.6 is 0 Å². The highest BCUT2D eigenvalue weighted by Crippen LogP contribution is 2.37. The van der Waals surface area contributed by atoms with Gasteiger partial charge in [-0.3, -0.25) is 14.7 Å². The van der Waals surface area contributed by atoms with Gasteiger partial charge in [0, 0.05) is 25.9 Å². The summed E-state index contributed by atoms with van der Waals surface area (Å²) in [6, 6.07) is 9.15. The Morgan fingerprint density at radius 3 is 2.61 bits per heavy atom. The van der Waals surface area contributed by atoms with Gasteiger partial charge in [0.05, 0.1) is 30.1 Å². The molecule has 0 unspecified atom stereocenters. The summed E-state index contributed by atoms with van der Waals surface area (Å²) in [4.78, 5) is 12.8. The van der Waals surface area contributed by atoms with E-state index >= 15 is 0 Å². The van der Waals surface area contributed by atoms with Crippen molar-refractivity contribution in [2.45, 2.75) is 26.3 Å². The molecule has 0 bridgehead atoms. The summed E-state index contributed by atoms with van der Waals surface area (Å²) >= 11 is 0. The third-order valence-electron chi connectivity index (χ3n) is 4.76. The average molecular weight is 382 g/mol. The molecule has 0 saturated carbocycles. The van der Waals surface area contributed by atoms with Gasteiger partial charge in [-0.05, 0) is 25.5 Å². The Kier molecular flexibility index (Phi) is 5.67. The van der Waals surface area contributed by atoms with E-state index < -0.39 is 0 Å². The average Bonchev–Trinajstić information content (AvgIpc) is 3.22. The highest BCUT2D eigenvalue weighted by Gasteiger charge is 2.22. The molecule has 8 nitrogen and oxygen atoms in total. The second kappa shape index (κ2) is 8.16. The summed E-state index contributed by atoms with van der Waals surface area (Å²) in [5, 5.41) is 14.6. The molecule has 8 heteroatoms. The number of aromatic nitrogens is 4. The molecule has 0 fully saturated rings. The van der Waals surface area contributed by atoms with E-state index in [2.05, 4.69) is 20.8 Å². The van der Waals surface area contributed by atoms with Crippen molar-refractivity contribution >= 4 is 11.8 Å². The lowest BCUT2D eigenvalue weighted by Gasteiger charge is -2.18. The predicted octanol–water partition coefficient (Wildman–Crippen LogP) is 3.41. The van der Waals surface area contributed by atoms with Gasteiger partial charge in [0.25, 0.3) is 0 Å². The minimum absolute atomic E-state index is 0.142. The Morgan fingerprint density at radius 1 is 1.21 bits per heavy atom. The van der Waals surface area contributed by atoms with Crippen molar-refractivity contribution in [3.05, 3.63) is 47.9 Å². The number of methoxy groups -OCH3 is 1. The topological polar surface area (TPSA) is 86.0 Å². The van der Waals surface area contributed by atoms with E-state index in [1.165, 1.54) is 0 Å². The SMILES string of the molecule is CC[C@H](NC(=O)Nc1c(-c2ccccc2OC)c(C)nn1C)c1ccnn1C. The van der Waals surface area contributed by atoms with Crippen molar-refractivity contribution in [1.29, 1.82) is 0 Å². The molecule has 0 aliphatic rings. The molecule has 2 amide bonds. The van der Waals surface area contributed by atoms with Crippen LogP contribution in [0.3, 0.4) is 0 Å². The van der Waals surface area contributed by atoms with Gasteiger partial charge in [-0.25, -0.2) is 4.79 Å². The number of hydrogen-bond acceptors (Lipinski definition) is 4. The maximum atomic E-state index is 12.8. The molecule has 0 radical (unpaired) electrons. The number of para-hydroxylation sites is 1. The second-order valence-corrected chi connectivity index (χ2v) is 6.57. The maximum Gasteiger partial charge on any atom is 0.320 e. The van der Waals surface area contributed by atoms with Gasteiger partial charge in [-0.1, -0.05) is 25.1 Å². The van der Waals surface area contributed by atoms with Crippen LogP contribution in [0.2, 0.25) is 0 Å². The summed E-state index contributed by atoms with van der Waals surface area (Å²) in [6.07, 6.45) is 2.47. The second-order valence-electron chi connectivity index (χ2n) is 6.57. The molecule has 0 saturated heterocycles. The van der Waals surface area contributed by atoms with Crippen LogP contribution in [0.15, 0.2) is 36.5 Å². The zero-order valence-electron chi connectivity index (χ0n) is 16.9. The molecular formula is C20H26N6O2. The van der Waals surface area contributed by atoms with Crippen molar-refractivity contribution in [3.63, 3.8) is 0 Å². The fraction of sp³-hybridized carbons (Fsp3) is 0.350. The molecule has 0 aliphatic heterocycles. The van der Waals surface area contributed by atoms with Crippen LogP contribution in [0.5, 0.6) is 5.75 Å². The van der Waals surface area contributed by atoms with E-state index in [0.717, 1.165) is 34.7 Å². The van der Waals surface area contributed by atoms with Crippen molar-refractivity contribution in [3.8, 4) is 16.9 Å². The largest absolute Gasteiger partial charge is 0.496 e. The lowest BCUT2D eigenvalue weighted by Crippen LogP contribution is -2.34. The molecule has 28 heavy (non-hydrogen) atoms. The summed E-state index contributed by atoms with van der Waals surface area (Å²) in [5.41, 5.74) is 3.47. The minimum atomic E-state index is -0.299. The number of hydrogen-bond donors (Lipinski definition) is 2. The first-order chi connectivity index (χ1) is 13.5. The lowest BCUT2D eigenvalue weighted by molar-refractivity contribution is 0.247. The molecule has 1 aromatic carbocycles. The van der Waals surface area contributed by atoms with E-state index in [4.69, 9.17) is 4.74 Å². The van der Waals surface area contributed by atoms with E-state index in [1.807, 2.05) is 51.2 Å². The highest BCUT2D eigenvalue weighted by molar-refractivity contribution is 5.94. The van der Waals surface area contributed by atoms with Crippen LogP contribution in [-0.4, -0.2) is 32.7 Å². The van der Waals surface area contributed by atoms with Crippen LogP contribution in [0.25, 0.3) is 11.1 Å². The Bertz CT molecular complexity index is 975. The van der Waals surface area contributed by atoms with Crippen molar-refractivity contribution < 1.29 is 9.53 Å². The molecule has 2 aromatic heterocycles. The number of anilines is 1. The van der Waals surface area contributed by atoms with E-state index in [9.17, 15) is 4.79 Å². The van der Waals surface area contributed by atoms with Crippen molar-refractivity contribution in [2.24, 2.45) is 14.1 Å². The summed E-state index contributed by atoms with van der Waals surface area (Å²) < 4.78 is 8.93. The monoisotopic (exact) mass is 382 g/mol. The third kappa shape index (κ3) is 3.71. The number of benzene rings is 1. The normalized spacial score (nSPS) is 11.9. The maximum absolute atomic E-state index is 12.8. The quantitative estimate of drug-likeness (QED) is 0.684. The van der Waals surface area contributed by atoms with Crippen LogP contribution in [0.4, 0.5) is 10.6 Å². The molecule has 3 rings (SSSR count). The zero-order chi connectivity index (χ0) is 20.3. The minimum Gasteiger partial charge on any atom is -0.496 e. The van der Waals surface area contributed by atoms with E-state index in [0.29, 0.717) is 5.82 Å². The number of aryl methyl sites for hydroxylation is 3. The molecule has 1 atom stereocenters. The molecule has 2 heterocycles. The zero-order valence-corrected chi connectivity index (χ0v) is 16.9. The number of ether oxygens (including phenoxy) is 1. The van der Waals surface area contributed by atoms with Gasteiger partial charge in [-0.2, -0.15) is 10.2 Å². The molecule has 0 spiro atoms. The van der Waals surface area contributed by atoms with Gasteiger partial charge in [0.1, 0.15) is 11.6 Å². The molecule has 0 aliphatic carbocycles. The fourth-order valence-electron chi connectivity index (χ4n) is 3.39. The van der Waals surface area contributed by atoms with Gasteiger partial charge < -0.3 is 10.1 Å². The number of urea groups is 1. The van der Waals surface area contributed by atoms with Crippen molar-refractivity contribution in [1.82, 2.24) is 24.9 Å². The number of amides is 2. The summed E-state index contributed by atoms with van der Waals surface area (Å²) in [5.74, 6) is 1.34. The predicted molar refractivity (Wildman–Crippen MR) is 108 cm³/mol. The lowest BCUT2D eigenvalue weighted by atomic mass is 10.0. The van der Waals surface area contributed by atoms with Crippen LogP contribution < -0.4 is 15.4 Å². The van der Waals surface area contributed by atoms with Gasteiger partial charge in [-0.15, -0.1) is 0 Å². The molecular weight excluding hydrogens is 356 g/mol. The Morgan fingerprint density at radius 2 is 1.96 bits per heavy atom. The first-order valence-electron chi connectivity index (χ1n) is 9.18. The number of carbonyl (C=O) groups excluding carboxylic acids is 1. The summed E-state index contributed by atoms with van der Waals surface area (Å²) in [6.45, 7) is 3.93. The highest BCUT2D eigenvalue weighted by atomic mass is 16.5. The number of carbonyl (C=O) groups is 1. The standard InChI is InChI=1S/C20H26N6O2/c1-6-15(16-11-12-21-25(16)3)22-20(27)23-19-18(13(2)24-26(19)4)14-9-7-8-10-17(14)28-5/h7-12,15H,6H2,1-5H3,(H2,22,23,27)/t15-/m0/s1. The molecule has 2 N–H and O–H groups in total. The number of rotatable bonds is 6. The van der Waals surface area contributed by atoms with Gasteiger partial charge in [0.2, 0.25) is 0 Å². The van der Waals surface area contributed by atoms with E-state index in [-0.39, 0.29) is 12.1 Å². The molecule has 3 aromatic rings. The Labute approximate surface area is 164 Å². The molecule has 148 valence electrons. The number of nitrogens with one attached hydrogen (secondary N) is 2. The van der Waals surface area contributed by atoms with Crippen LogP contribution in [0, 0.1) is 6.92 Å². The first-order valence-corrected chi connectivity index (χ1v) is 9.18. The smallest absolute Gasteiger partial charge is 0.320 e. The summed E-state index contributed by atoms with van der Waals surface area (Å²) in [7, 11) is 5.30. The van der Waals surface area contributed by atoms with Gasteiger partial charge >= 0.3 is 6.03 Å². The third-order valence-corrected chi connectivity index (χ3v) is 4.76. The van der Waals surface area contributed by atoms with Crippen LogP contribution in [-0.2, 0) is 14.1 Å².